The van der Waals surface area contributed by atoms with E-state index >= 15 is 0 Å². The summed E-state index contributed by atoms with van der Waals surface area (Å²) in [6, 6.07) is 18.4. The molecule has 0 atom stereocenters. The fourth-order valence-electron chi connectivity index (χ4n) is 2.66. The van der Waals surface area contributed by atoms with Crippen molar-refractivity contribution in [1.29, 1.82) is 0 Å². The maximum atomic E-state index is 5.94. The molecule has 22 heavy (non-hydrogen) atoms. The topological polar surface area (TPSA) is 18.8 Å². The van der Waals surface area contributed by atoms with E-state index in [1.165, 1.54) is 11.3 Å². The highest BCUT2D eigenvalue weighted by molar-refractivity contribution is 6.30. The molecule has 1 fully saturated rings. The lowest BCUT2D eigenvalue weighted by Crippen LogP contribution is -2.44. The standard InChI is InChI=1S/C18H20ClN3/c1-15(16-5-3-2-4-6-16)20-22-13-11-21(12-14-22)18-9-7-17(19)8-10-18/h2-10H,11-14H2,1H3/b20-15-. The number of benzene rings is 2. The molecule has 0 bridgehead atoms. The Morgan fingerprint density at radius 1 is 0.909 bits per heavy atom. The van der Waals surface area contributed by atoms with Gasteiger partial charge >= 0.3 is 0 Å². The Hall–Kier alpha value is -2.00. The Balaban J connectivity index is 1.61. The van der Waals surface area contributed by atoms with E-state index in [0.29, 0.717) is 0 Å². The van der Waals surface area contributed by atoms with Gasteiger partial charge in [-0.15, -0.1) is 0 Å². The molecule has 0 amide bonds. The number of rotatable bonds is 3. The van der Waals surface area contributed by atoms with Crippen molar-refractivity contribution in [2.24, 2.45) is 5.10 Å². The molecule has 0 aromatic heterocycles. The van der Waals surface area contributed by atoms with E-state index in [1.54, 1.807) is 0 Å². The van der Waals surface area contributed by atoms with Crippen LogP contribution in [0.25, 0.3) is 0 Å². The SMILES string of the molecule is C/C(=N/N1CCN(c2ccc(Cl)cc2)CC1)c1ccccc1. The summed E-state index contributed by atoms with van der Waals surface area (Å²) in [7, 11) is 0. The number of hydrazone groups is 1. The number of halogens is 1. The van der Waals surface area contributed by atoms with Crippen molar-refractivity contribution >= 4 is 23.0 Å². The van der Waals surface area contributed by atoms with Gasteiger partial charge in [0.1, 0.15) is 0 Å². The minimum Gasteiger partial charge on any atom is -0.368 e. The van der Waals surface area contributed by atoms with E-state index < -0.39 is 0 Å². The second-order valence-electron chi connectivity index (χ2n) is 5.47. The summed E-state index contributed by atoms with van der Waals surface area (Å²) in [5.74, 6) is 0. The number of anilines is 1. The van der Waals surface area contributed by atoms with Crippen LogP contribution in [0.2, 0.25) is 5.02 Å². The fourth-order valence-corrected chi connectivity index (χ4v) is 2.78. The fraction of sp³-hybridized carbons (Fsp3) is 0.278. The van der Waals surface area contributed by atoms with Crippen LogP contribution in [0.5, 0.6) is 0 Å². The molecule has 3 rings (SSSR count). The van der Waals surface area contributed by atoms with Crippen LogP contribution in [0.4, 0.5) is 5.69 Å². The van der Waals surface area contributed by atoms with Crippen molar-refractivity contribution in [3.63, 3.8) is 0 Å². The van der Waals surface area contributed by atoms with Crippen molar-refractivity contribution in [2.75, 3.05) is 31.1 Å². The van der Waals surface area contributed by atoms with E-state index in [2.05, 4.69) is 41.1 Å². The average molecular weight is 314 g/mol. The number of nitrogens with zero attached hydrogens (tertiary/aromatic N) is 3. The molecule has 0 aliphatic carbocycles. The minimum absolute atomic E-state index is 0.783. The highest BCUT2D eigenvalue weighted by atomic mass is 35.5. The lowest BCUT2D eigenvalue weighted by atomic mass is 10.1. The van der Waals surface area contributed by atoms with Gasteiger partial charge in [0.2, 0.25) is 0 Å². The van der Waals surface area contributed by atoms with Crippen molar-refractivity contribution in [1.82, 2.24) is 5.01 Å². The number of piperazine rings is 1. The van der Waals surface area contributed by atoms with Crippen LogP contribution in [0.1, 0.15) is 12.5 Å². The Bertz CT molecular complexity index is 629. The van der Waals surface area contributed by atoms with Gasteiger partial charge in [-0.1, -0.05) is 41.9 Å². The van der Waals surface area contributed by atoms with Gasteiger partial charge < -0.3 is 4.90 Å². The molecule has 114 valence electrons. The lowest BCUT2D eigenvalue weighted by Gasteiger charge is -2.35. The van der Waals surface area contributed by atoms with E-state index in [9.17, 15) is 0 Å². The zero-order valence-corrected chi connectivity index (χ0v) is 13.5. The van der Waals surface area contributed by atoms with Crippen LogP contribution in [0.15, 0.2) is 59.7 Å². The third-order valence-corrected chi connectivity index (χ3v) is 4.18. The van der Waals surface area contributed by atoms with Crippen LogP contribution in [0, 0.1) is 0 Å². The first-order valence-electron chi connectivity index (χ1n) is 7.58. The smallest absolute Gasteiger partial charge is 0.0646 e. The maximum Gasteiger partial charge on any atom is 0.0646 e. The van der Waals surface area contributed by atoms with Crippen LogP contribution in [-0.2, 0) is 0 Å². The Labute approximate surface area is 136 Å². The lowest BCUT2D eigenvalue weighted by molar-refractivity contribution is 0.270. The maximum absolute atomic E-state index is 5.94. The van der Waals surface area contributed by atoms with Crippen LogP contribution >= 0.6 is 11.6 Å². The quantitative estimate of drug-likeness (QED) is 0.801. The van der Waals surface area contributed by atoms with Gasteiger partial charge in [-0.05, 0) is 36.8 Å². The Morgan fingerprint density at radius 2 is 1.55 bits per heavy atom. The first kappa shape index (κ1) is 14.9. The zero-order valence-electron chi connectivity index (χ0n) is 12.7. The Kier molecular flexibility index (Phi) is 4.64. The van der Waals surface area contributed by atoms with Gasteiger partial charge in [0.15, 0.2) is 0 Å². The predicted molar refractivity (Wildman–Crippen MR) is 93.9 cm³/mol. The molecule has 0 radical (unpaired) electrons. The predicted octanol–water partition coefficient (Wildman–Crippen LogP) is 3.89. The molecule has 0 unspecified atom stereocenters. The molecule has 1 saturated heterocycles. The molecule has 0 spiro atoms. The van der Waals surface area contributed by atoms with Gasteiger partial charge in [-0.2, -0.15) is 5.10 Å². The monoisotopic (exact) mass is 313 g/mol. The highest BCUT2D eigenvalue weighted by Crippen LogP contribution is 2.19. The van der Waals surface area contributed by atoms with Crippen LogP contribution in [-0.4, -0.2) is 36.9 Å². The molecule has 1 aliphatic rings. The summed E-state index contributed by atoms with van der Waals surface area (Å²) < 4.78 is 0. The van der Waals surface area contributed by atoms with E-state index in [1.807, 2.05) is 30.3 Å². The van der Waals surface area contributed by atoms with Crippen molar-refractivity contribution in [3.05, 3.63) is 65.2 Å². The summed E-state index contributed by atoms with van der Waals surface area (Å²) in [5, 5.41) is 7.69. The van der Waals surface area contributed by atoms with Crippen molar-refractivity contribution < 1.29 is 0 Å². The summed E-state index contributed by atoms with van der Waals surface area (Å²) >= 11 is 5.94. The largest absolute Gasteiger partial charge is 0.368 e. The zero-order chi connectivity index (χ0) is 15.4. The first-order chi connectivity index (χ1) is 10.7. The second kappa shape index (κ2) is 6.84. The molecule has 2 aromatic rings. The van der Waals surface area contributed by atoms with Crippen LogP contribution < -0.4 is 4.90 Å². The highest BCUT2D eigenvalue weighted by Gasteiger charge is 2.16. The Morgan fingerprint density at radius 3 is 2.18 bits per heavy atom. The van der Waals surface area contributed by atoms with E-state index in [4.69, 9.17) is 16.7 Å². The summed E-state index contributed by atoms with van der Waals surface area (Å²) in [4.78, 5) is 2.38. The third-order valence-electron chi connectivity index (χ3n) is 3.93. The van der Waals surface area contributed by atoms with Crippen molar-refractivity contribution in [2.45, 2.75) is 6.92 Å². The van der Waals surface area contributed by atoms with Crippen molar-refractivity contribution in [3.8, 4) is 0 Å². The molecule has 0 saturated carbocycles. The molecule has 1 aliphatic heterocycles. The summed E-state index contributed by atoms with van der Waals surface area (Å²) in [6.07, 6.45) is 0. The van der Waals surface area contributed by atoms with Gasteiger partial charge in [0.25, 0.3) is 0 Å². The van der Waals surface area contributed by atoms with Gasteiger partial charge in [0, 0.05) is 23.8 Å². The molecule has 1 heterocycles. The second-order valence-corrected chi connectivity index (χ2v) is 5.90. The molecule has 2 aromatic carbocycles. The van der Waals surface area contributed by atoms with E-state index in [0.717, 1.165) is 36.9 Å². The normalized spacial score (nSPS) is 16.0. The van der Waals surface area contributed by atoms with Crippen LogP contribution in [0.3, 0.4) is 0 Å². The molecule has 0 N–H and O–H groups in total. The molecular formula is C18H20ClN3. The number of hydrogen-bond donors (Lipinski definition) is 0. The van der Waals surface area contributed by atoms with Gasteiger partial charge in [0.05, 0.1) is 18.8 Å². The van der Waals surface area contributed by atoms with Gasteiger partial charge in [-0.3, -0.25) is 5.01 Å². The minimum atomic E-state index is 0.783. The average Bonchev–Trinajstić information content (AvgIpc) is 2.57. The molecular weight excluding hydrogens is 294 g/mol. The number of hydrogen-bond acceptors (Lipinski definition) is 3. The van der Waals surface area contributed by atoms with E-state index in [-0.39, 0.29) is 0 Å². The molecule has 4 heteroatoms. The third kappa shape index (κ3) is 3.60. The first-order valence-corrected chi connectivity index (χ1v) is 7.96. The summed E-state index contributed by atoms with van der Waals surface area (Å²) in [5.41, 5.74) is 3.48. The molecule has 3 nitrogen and oxygen atoms in total. The van der Waals surface area contributed by atoms with Gasteiger partial charge in [-0.25, -0.2) is 0 Å². The summed E-state index contributed by atoms with van der Waals surface area (Å²) in [6.45, 7) is 5.90.